The summed E-state index contributed by atoms with van der Waals surface area (Å²) in [6, 6.07) is 9.32. The van der Waals surface area contributed by atoms with Crippen LogP contribution in [0.1, 0.15) is 17.5 Å². The van der Waals surface area contributed by atoms with Crippen molar-refractivity contribution in [2.45, 2.75) is 19.6 Å². The third kappa shape index (κ3) is 6.74. The first-order valence-electron chi connectivity index (χ1n) is 10.0. The molecule has 0 radical (unpaired) electrons. The quantitative estimate of drug-likeness (QED) is 0.441. The third-order valence-electron chi connectivity index (χ3n) is 5.01. The van der Waals surface area contributed by atoms with Crippen LogP contribution in [0.15, 0.2) is 34.8 Å². The lowest BCUT2D eigenvalue weighted by Crippen LogP contribution is -2.37. The van der Waals surface area contributed by atoms with E-state index in [1.807, 2.05) is 18.2 Å². The molecule has 0 bridgehead atoms. The van der Waals surface area contributed by atoms with E-state index in [1.54, 1.807) is 19.2 Å². The highest BCUT2D eigenvalue weighted by Crippen LogP contribution is 2.35. The van der Waals surface area contributed by atoms with E-state index in [2.05, 4.69) is 26.1 Å². The van der Waals surface area contributed by atoms with Crippen LogP contribution in [0, 0.1) is 0 Å². The molecule has 1 heterocycles. The fourth-order valence-corrected chi connectivity index (χ4v) is 4.25. The van der Waals surface area contributed by atoms with E-state index >= 15 is 0 Å². The summed E-state index contributed by atoms with van der Waals surface area (Å²) in [5.74, 6) is 1.31. The Bertz CT molecular complexity index is 812. The van der Waals surface area contributed by atoms with Gasteiger partial charge in [-0.15, -0.1) is 0 Å². The zero-order chi connectivity index (χ0) is 21.3. The molecule has 0 aliphatic carbocycles. The highest BCUT2D eigenvalue weighted by molar-refractivity contribution is 9.10. The molecule has 1 aliphatic heterocycles. The molecule has 164 valence electrons. The van der Waals surface area contributed by atoms with Crippen LogP contribution in [0.3, 0.4) is 0 Å². The van der Waals surface area contributed by atoms with E-state index in [-0.39, 0.29) is 6.61 Å². The van der Waals surface area contributed by atoms with Crippen molar-refractivity contribution in [2.75, 3.05) is 46.5 Å². The third-order valence-corrected chi connectivity index (χ3v) is 6.46. The number of nitrogens with zero attached hydrogens (tertiary/aromatic N) is 1. The molecule has 30 heavy (non-hydrogen) atoms. The van der Waals surface area contributed by atoms with Gasteiger partial charge in [-0.3, -0.25) is 4.90 Å². The zero-order valence-electron chi connectivity index (χ0n) is 17.1. The Balaban J connectivity index is 1.53. The average molecular weight is 518 g/mol. The zero-order valence-corrected chi connectivity index (χ0v) is 20.2. The molecule has 1 aliphatic rings. The van der Waals surface area contributed by atoms with Gasteiger partial charge in [0.15, 0.2) is 11.5 Å². The van der Waals surface area contributed by atoms with Crippen molar-refractivity contribution >= 4 is 39.1 Å². The Morgan fingerprint density at radius 2 is 1.87 bits per heavy atom. The maximum Gasteiger partial charge on any atom is 0.162 e. The number of ether oxygens (including phenoxy) is 3. The van der Waals surface area contributed by atoms with Crippen LogP contribution in [0.5, 0.6) is 11.5 Å². The van der Waals surface area contributed by atoms with Crippen molar-refractivity contribution in [2.24, 2.45) is 0 Å². The van der Waals surface area contributed by atoms with Gasteiger partial charge in [-0.2, -0.15) is 0 Å². The van der Waals surface area contributed by atoms with Gasteiger partial charge in [0, 0.05) is 39.7 Å². The molecule has 0 saturated carbocycles. The standard InChI is InChI=1S/C22H27BrCl2N2O3/c1-28-21-12-16(14-26-6-3-7-27-8-10-29-11-9-27)18(23)13-22(21)30-15-17-19(24)4-2-5-20(17)25/h2,4-5,12-13,26H,3,6-11,14-15H2,1H3. The monoisotopic (exact) mass is 516 g/mol. The minimum absolute atomic E-state index is 0.264. The average Bonchev–Trinajstić information content (AvgIpc) is 2.75. The molecular formula is C22H27BrCl2N2O3. The first-order chi connectivity index (χ1) is 14.6. The largest absolute Gasteiger partial charge is 0.493 e. The van der Waals surface area contributed by atoms with Crippen LogP contribution < -0.4 is 14.8 Å². The van der Waals surface area contributed by atoms with Crippen molar-refractivity contribution < 1.29 is 14.2 Å². The number of morpholine rings is 1. The van der Waals surface area contributed by atoms with Crippen LogP contribution >= 0.6 is 39.1 Å². The van der Waals surface area contributed by atoms with Crippen molar-refractivity contribution in [1.29, 1.82) is 0 Å². The van der Waals surface area contributed by atoms with Gasteiger partial charge in [0.2, 0.25) is 0 Å². The molecule has 2 aromatic rings. The van der Waals surface area contributed by atoms with Gasteiger partial charge in [0.05, 0.1) is 20.3 Å². The fraction of sp³-hybridized carbons (Fsp3) is 0.455. The Labute approximate surface area is 196 Å². The van der Waals surface area contributed by atoms with Gasteiger partial charge in [-0.05, 0) is 49.3 Å². The lowest BCUT2D eigenvalue weighted by atomic mass is 10.2. The summed E-state index contributed by atoms with van der Waals surface area (Å²) < 4.78 is 17.8. The lowest BCUT2D eigenvalue weighted by molar-refractivity contribution is 0.0374. The smallest absolute Gasteiger partial charge is 0.162 e. The molecule has 0 amide bonds. The van der Waals surface area contributed by atoms with E-state index < -0.39 is 0 Å². The second kappa shape index (κ2) is 12.1. The number of benzene rings is 2. The summed E-state index contributed by atoms with van der Waals surface area (Å²) in [5.41, 5.74) is 1.87. The van der Waals surface area contributed by atoms with Crippen molar-refractivity contribution in [1.82, 2.24) is 10.2 Å². The summed E-state index contributed by atoms with van der Waals surface area (Å²) in [4.78, 5) is 2.45. The molecule has 0 spiro atoms. The van der Waals surface area contributed by atoms with Gasteiger partial charge in [0.25, 0.3) is 0 Å². The minimum atomic E-state index is 0.264. The number of rotatable bonds is 10. The number of halogens is 3. The van der Waals surface area contributed by atoms with E-state index in [9.17, 15) is 0 Å². The van der Waals surface area contributed by atoms with E-state index in [1.165, 1.54) is 0 Å². The van der Waals surface area contributed by atoms with Gasteiger partial charge < -0.3 is 19.5 Å². The van der Waals surface area contributed by atoms with Gasteiger partial charge in [0.1, 0.15) is 6.61 Å². The van der Waals surface area contributed by atoms with Crippen LogP contribution in [0.2, 0.25) is 10.0 Å². The Morgan fingerprint density at radius 3 is 2.57 bits per heavy atom. The van der Waals surface area contributed by atoms with E-state index in [0.717, 1.165) is 68.0 Å². The SMILES string of the molecule is COc1cc(CNCCCN2CCOCC2)c(Br)cc1OCc1c(Cl)cccc1Cl. The molecule has 5 nitrogen and oxygen atoms in total. The normalized spacial score (nSPS) is 14.7. The highest BCUT2D eigenvalue weighted by Gasteiger charge is 2.13. The van der Waals surface area contributed by atoms with Crippen molar-refractivity contribution in [3.8, 4) is 11.5 Å². The Morgan fingerprint density at radius 1 is 1.13 bits per heavy atom. The van der Waals surface area contributed by atoms with Gasteiger partial charge in [-0.25, -0.2) is 0 Å². The van der Waals surface area contributed by atoms with Crippen LogP contribution in [-0.2, 0) is 17.9 Å². The number of hydrogen-bond donors (Lipinski definition) is 1. The number of methoxy groups -OCH3 is 1. The first-order valence-corrected chi connectivity index (χ1v) is 11.6. The molecule has 1 fully saturated rings. The topological polar surface area (TPSA) is 43.0 Å². The number of hydrogen-bond acceptors (Lipinski definition) is 5. The molecule has 0 unspecified atom stereocenters. The van der Waals surface area contributed by atoms with Crippen LogP contribution in [0.25, 0.3) is 0 Å². The van der Waals surface area contributed by atoms with Crippen molar-refractivity contribution in [3.05, 3.63) is 56.0 Å². The molecular weight excluding hydrogens is 491 g/mol. The Hall–Kier alpha value is -1.02. The molecule has 0 aromatic heterocycles. The summed E-state index contributed by atoms with van der Waals surface area (Å²) in [6.45, 7) is 6.81. The summed E-state index contributed by atoms with van der Waals surface area (Å²) in [7, 11) is 1.64. The van der Waals surface area contributed by atoms with Gasteiger partial charge in [-0.1, -0.05) is 45.2 Å². The predicted molar refractivity (Wildman–Crippen MR) is 125 cm³/mol. The molecule has 1 saturated heterocycles. The molecule has 1 N–H and O–H groups in total. The fourth-order valence-electron chi connectivity index (χ4n) is 3.28. The summed E-state index contributed by atoms with van der Waals surface area (Å²) >= 11 is 16.1. The van der Waals surface area contributed by atoms with E-state index in [0.29, 0.717) is 21.5 Å². The number of nitrogens with one attached hydrogen (secondary N) is 1. The second-order valence-electron chi connectivity index (χ2n) is 7.07. The van der Waals surface area contributed by atoms with Gasteiger partial charge >= 0.3 is 0 Å². The molecule has 2 aromatic carbocycles. The second-order valence-corrected chi connectivity index (χ2v) is 8.74. The van der Waals surface area contributed by atoms with Crippen molar-refractivity contribution in [3.63, 3.8) is 0 Å². The maximum absolute atomic E-state index is 6.24. The predicted octanol–water partition coefficient (Wildman–Crippen LogP) is 5.16. The maximum atomic E-state index is 6.24. The molecule has 3 rings (SSSR count). The first kappa shape index (κ1) is 23.6. The summed E-state index contributed by atoms with van der Waals surface area (Å²) in [6.07, 6.45) is 1.11. The highest BCUT2D eigenvalue weighted by atomic mass is 79.9. The minimum Gasteiger partial charge on any atom is -0.493 e. The molecule has 0 atom stereocenters. The molecule has 8 heteroatoms. The summed E-state index contributed by atoms with van der Waals surface area (Å²) in [5, 5.41) is 4.67. The van der Waals surface area contributed by atoms with E-state index in [4.69, 9.17) is 37.4 Å². The Kier molecular flexibility index (Phi) is 9.56. The lowest BCUT2D eigenvalue weighted by Gasteiger charge is -2.26. The van der Waals surface area contributed by atoms with Crippen LogP contribution in [-0.4, -0.2) is 51.4 Å². The van der Waals surface area contributed by atoms with Crippen LogP contribution in [0.4, 0.5) is 0 Å².